The summed E-state index contributed by atoms with van der Waals surface area (Å²) in [5.74, 6) is 0. The van der Waals surface area contributed by atoms with Crippen LogP contribution in [-0.2, 0) is 12.8 Å². The minimum absolute atomic E-state index is 0.443. The van der Waals surface area contributed by atoms with Gasteiger partial charge in [-0.2, -0.15) is 0 Å². The van der Waals surface area contributed by atoms with Crippen molar-refractivity contribution in [1.29, 1.82) is 0 Å². The van der Waals surface area contributed by atoms with E-state index in [1.165, 1.54) is 49.7 Å². The number of hydrogen-bond donors (Lipinski definition) is 1. The molecule has 16 heavy (non-hydrogen) atoms. The molecule has 2 N–H and O–H groups in total. The van der Waals surface area contributed by atoms with Crippen molar-refractivity contribution in [2.75, 3.05) is 0 Å². The summed E-state index contributed by atoms with van der Waals surface area (Å²) >= 11 is 6.05. The minimum Gasteiger partial charge on any atom is -0.328 e. The molecule has 0 radical (unpaired) electrons. The molecule has 0 amide bonds. The second-order valence-corrected chi connectivity index (χ2v) is 6.04. The van der Waals surface area contributed by atoms with Gasteiger partial charge in [0, 0.05) is 11.1 Å². The molecule has 1 saturated carbocycles. The molecular formula is C14H18ClN. The van der Waals surface area contributed by atoms with Gasteiger partial charge in [0.25, 0.3) is 0 Å². The first kappa shape index (κ1) is 10.6. The van der Waals surface area contributed by atoms with E-state index in [-0.39, 0.29) is 0 Å². The number of nitrogens with two attached hydrogens (primary N) is 1. The third-order valence-electron chi connectivity index (χ3n) is 4.39. The van der Waals surface area contributed by atoms with E-state index < -0.39 is 0 Å². The maximum Gasteiger partial charge on any atom is 0.0408 e. The van der Waals surface area contributed by atoms with Crippen LogP contribution in [0.25, 0.3) is 0 Å². The topological polar surface area (TPSA) is 26.0 Å². The summed E-state index contributed by atoms with van der Waals surface area (Å²) < 4.78 is 0. The largest absolute Gasteiger partial charge is 0.328 e. The van der Waals surface area contributed by atoms with Gasteiger partial charge < -0.3 is 5.73 Å². The molecule has 1 fully saturated rings. The molecule has 0 saturated heterocycles. The van der Waals surface area contributed by atoms with Crippen LogP contribution in [0, 0.1) is 5.41 Å². The van der Waals surface area contributed by atoms with E-state index in [4.69, 9.17) is 17.3 Å². The van der Waals surface area contributed by atoms with Crippen molar-refractivity contribution in [3.63, 3.8) is 0 Å². The lowest BCUT2D eigenvalue weighted by Gasteiger charge is -2.36. The molecule has 0 aliphatic heterocycles. The molecule has 0 bridgehead atoms. The smallest absolute Gasteiger partial charge is 0.0408 e. The van der Waals surface area contributed by atoms with Gasteiger partial charge in [-0.15, -0.1) is 0 Å². The molecule has 1 nitrogen and oxygen atoms in total. The second kappa shape index (κ2) is 3.75. The molecular weight excluding hydrogens is 218 g/mol. The summed E-state index contributed by atoms with van der Waals surface area (Å²) in [5, 5.41) is 0.878. The molecule has 1 aromatic carbocycles. The molecule has 0 aromatic heterocycles. The van der Waals surface area contributed by atoms with Crippen molar-refractivity contribution < 1.29 is 0 Å². The van der Waals surface area contributed by atoms with Gasteiger partial charge in [0.1, 0.15) is 0 Å². The molecule has 0 atom stereocenters. The van der Waals surface area contributed by atoms with Crippen molar-refractivity contribution in [3.8, 4) is 0 Å². The Kier molecular flexibility index (Phi) is 2.49. The number of halogens is 1. The van der Waals surface area contributed by atoms with Crippen LogP contribution in [0.5, 0.6) is 0 Å². The third-order valence-corrected chi connectivity index (χ3v) is 4.63. The SMILES string of the molecule is NC1CCC2(CC1)Cc1ccc(Cl)cc1C2. The normalized spacial score (nSPS) is 33.0. The van der Waals surface area contributed by atoms with Crippen LogP contribution in [0.2, 0.25) is 5.02 Å². The summed E-state index contributed by atoms with van der Waals surface area (Å²) in [6.45, 7) is 0. The lowest BCUT2D eigenvalue weighted by atomic mass is 9.71. The first-order chi connectivity index (χ1) is 7.67. The van der Waals surface area contributed by atoms with Crippen LogP contribution >= 0.6 is 11.6 Å². The predicted octanol–water partition coefficient (Wildman–Crippen LogP) is 3.33. The van der Waals surface area contributed by atoms with Crippen molar-refractivity contribution in [2.24, 2.45) is 11.1 Å². The van der Waals surface area contributed by atoms with Gasteiger partial charge in [-0.25, -0.2) is 0 Å². The lowest BCUT2D eigenvalue weighted by molar-refractivity contribution is 0.187. The highest BCUT2D eigenvalue weighted by atomic mass is 35.5. The molecule has 3 rings (SSSR count). The zero-order valence-corrected chi connectivity index (χ0v) is 10.3. The molecule has 1 aromatic rings. The highest BCUT2D eigenvalue weighted by Crippen LogP contribution is 2.47. The average molecular weight is 236 g/mol. The molecule has 2 aliphatic rings. The first-order valence-electron chi connectivity index (χ1n) is 6.20. The Bertz CT molecular complexity index is 405. The molecule has 2 heteroatoms. The van der Waals surface area contributed by atoms with E-state index in [1.54, 1.807) is 0 Å². The number of hydrogen-bond acceptors (Lipinski definition) is 1. The summed E-state index contributed by atoms with van der Waals surface area (Å²) in [7, 11) is 0. The van der Waals surface area contributed by atoms with E-state index in [0.29, 0.717) is 11.5 Å². The van der Waals surface area contributed by atoms with Crippen LogP contribution < -0.4 is 5.73 Å². The lowest BCUT2D eigenvalue weighted by Crippen LogP contribution is -2.34. The van der Waals surface area contributed by atoms with Crippen LogP contribution in [0.4, 0.5) is 0 Å². The van der Waals surface area contributed by atoms with E-state index in [0.717, 1.165) is 5.02 Å². The third kappa shape index (κ3) is 1.76. The summed E-state index contributed by atoms with van der Waals surface area (Å²) in [6.07, 6.45) is 7.44. The van der Waals surface area contributed by atoms with Gasteiger partial charge in [-0.1, -0.05) is 17.7 Å². The quantitative estimate of drug-likeness (QED) is 0.734. The second-order valence-electron chi connectivity index (χ2n) is 5.60. The fourth-order valence-corrected chi connectivity index (χ4v) is 3.60. The molecule has 0 unspecified atom stereocenters. The Morgan fingerprint density at radius 1 is 1.12 bits per heavy atom. The van der Waals surface area contributed by atoms with Crippen LogP contribution in [0.15, 0.2) is 18.2 Å². The zero-order valence-electron chi connectivity index (χ0n) is 9.51. The summed E-state index contributed by atoms with van der Waals surface area (Å²) in [4.78, 5) is 0. The van der Waals surface area contributed by atoms with Crippen LogP contribution in [0.1, 0.15) is 36.8 Å². The van der Waals surface area contributed by atoms with Gasteiger partial charge in [-0.3, -0.25) is 0 Å². The van der Waals surface area contributed by atoms with E-state index in [1.807, 2.05) is 6.07 Å². The monoisotopic (exact) mass is 235 g/mol. The average Bonchev–Trinajstić information content (AvgIpc) is 2.60. The minimum atomic E-state index is 0.443. The van der Waals surface area contributed by atoms with E-state index in [2.05, 4.69) is 12.1 Å². The summed E-state index contributed by atoms with van der Waals surface area (Å²) in [5.41, 5.74) is 9.50. The Hall–Kier alpha value is -0.530. The highest BCUT2D eigenvalue weighted by Gasteiger charge is 2.39. The van der Waals surface area contributed by atoms with Gasteiger partial charge in [0.15, 0.2) is 0 Å². The Labute approximate surface area is 102 Å². The first-order valence-corrected chi connectivity index (χ1v) is 6.58. The van der Waals surface area contributed by atoms with Gasteiger partial charge in [0.2, 0.25) is 0 Å². The number of benzene rings is 1. The maximum absolute atomic E-state index is 6.05. The van der Waals surface area contributed by atoms with Gasteiger partial charge in [0.05, 0.1) is 0 Å². The number of fused-ring (bicyclic) bond motifs is 1. The Morgan fingerprint density at radius 2 is 1.81 bits per heavy atom. The number of rotatable bonds is 0. The molecule has 2 aliphatic carbocycles. The van der Waals surface area contributed by atoms with Crippen molar-refractivity contribution in [3.05, 3.63) is 34.3 Å². The van der Waals surface area contributed by atoms with Crippen LogP contribution in [-0.4, -0.2) is 6.04 Å². The van der Waals surface area contributed by atoms with E-state index >= 15 is 0 Å². The molecule has 0 heterocycles. The van der Waals surface area contributed by atoms with Gasteiger partial charge in [-0.05, 0) is 67.2 Å². The molecule has 86 valence electrons. The van der Waals surface area contributed by atoms with Crippen LogP contribution in [0.3, 0.4) is 0 Å². The van der Waals surface area contributed by atoms with Crippen molar-refractivity contribution in [1.82, 2.24) is 0 Å². The predicted molar refractivity (Wildman–Crippen MR) is 67.7 cm³/mol. The van der Waals surface area contributed by atoms with Gasteiger partial charge >= 0.3 is 0 Å². The highest BCUT2D eigenvalue weighted by molar-refractivity contribution is 6.30. The Balaban J connectivity index is 1.84. The van der Waals surface area contributed by atoms with Crippen molar-refractivity contribution >= 4 is 11.6 Å². The van der Waals surface area contributed by atoms with Crippen molar-refractivity contribution in [2.45, 2.75) is 44.6 Å². The fraction of sp³-hybridized carbons (Fsp3) is 0.571. The molecule has 1 spiro atoms. The maximum atomic E-state index is 6.05. The zero-order chi connectivity index (χ0) is 11.2. The summed E-state index contributed by atoms with van der Waals surface area (Å²) in [6, 6.07) is 6.83. The van der Waals surface area contributed by atoms with E-state index in [9.17, 15) is 0 Å². The standard InChI is InChI=1S/C14H18ClN/c15-12-2-1-10-8-14(9-11(10)7-12)5-3-13(16)4-6-14/h1-2,7,13H,3-6,8-9,16H2. The fourth-order valence-electron chi connectivity index (χ4n) is 3.41. The Morgan fingerprint density at radius 3 is 2.56 bits per heavy atom.